The van der Waals surface area contributed by atoms with Gasteiger partial charge in [-0.3, -0.25) is 9.48 Å². The molecule has 0 atom stereocenters. The summed E-state index contributed by atoms with van der Waals surface area (Å²) >= 11 is 0. The van der Waals surface area contributed by atoms with Gasteiger partial charge in [-0.05, 0) is 18.8 Å². The summed E-state index contributed by atoms with van der Waals surface area (Å²) in [6, 6.07) is 0. The number of ketones is 1. The number of hydrogen-bond donors (Lipinski definition) is 0. The molecule has 0 bridgehead atoms. The lowest BCUT2D eigenvalue weighted by atomic mass is 9.80. The topological polar surface area (TPSA) is 47.8 Å². The molecule has 1 aliphatic carbocycles. The molecule has 0 amide bonds. The molecule has 1 aromatic heterocycles. The van der Waals surface area contributed by atoms with Gasteiger partial charge in [0.25, 0.3) is 0 Å². The minimum Gasteiger partial charge on any atom is -0.299 e. The number of carbonyl (C=O) groups is 1. The monoisotopic (exact) mass is 221 g/mol. The van der Waals surface area contributed by atoms with Crippen molar-refractivity contribution in [3.63, 3.8) is 0 Å². The van der Waals surface area contributed by atoms with Crippen molar-refractivity contribution in [1.82, 2.24) is 15.0 Å². The van der Waals surface area contributed by atoms with E-state index in [2.05, 4.69) is 17.2 Å². The Kier molecular flexibility index (Phi) is 3.36. The molecule has 0 aromatic carbocycles. The molecule has 0 spiro atoms. The highest BCUT2D eigenvalue weighted by Gasteiger charge is 2.24. The molecule has 1 fully saturated rings. The van der Waals surface area contributed by atoms with Crippen LogP contribution in [-0.2, 0) is 18.3 Å². The quantitative estimate of drug-likeness (QED) is 0.781. The van der Waals surface area contributed by atoms with Crippen LogP contribution in [0.3, 0.4) is 0 Å². The van der Waals surface area contributed by atoms with Crippen LogP contribution >= 0.6 is 0 Å². The highest BCUT2D eigenvalue weighted by atomic mass is 16.1. The highest BCUT2D eigenvalue weighted by Crippen LogP contribution is 2.29. The van der Waals surface area contributed by atoms with Crippen LogP contribution in [0.2, 0.25) is 0 Å². The Bertz CT molecular complexity index is 364. The fraction of sp³-hybridized carbons (Fsp3) is 0.750. The van der Waals surface area contributed by atoms with Crippen molar-refractivity contribution >= 4 is 5.78 Å². The molecule has 0 unspecified atom stereocenters. The maximum atomic E-state index is 12.0. The molecule has 1 heterocycles. The summed E-state index contributed by atoms with van der Waals surface area (Å²) in [5, 5.41) is 7.80. The Morgan fingerprint density at radius 3 is 2.69 bits per heavy atom. The van der Waals surface area contributed by atoms with Gasteiger partial charge in [0, 0.05) is 19.2 Å². The lowest BCUT2D eigenvalue weighted by Crippen LogP contribution is -2.22. The second kappa shape index (κ2) is 4.76. The third-order valence-electron chi connectivity index (χ3n) is 3.48. The highest BCUT2D eigenvalue weighted by molar-refractivity contribution is 5.82. The number of aryl methyl sites for hydroxylation is 1. The molecule has 0 N–H and O–H groups in total. The predicted octanol–water partition coefficient (Wildman–Crippen LogP) is 1.75. The first-order valence-corrected chi connectivity index (χ1v) is 6.03. The van der Waals surface area contributed by atoms with Crippen LogP contribution in [0.5, 0.6) is 0 Å². The third kappa shape index (κ3) is 2.68. The average Bonchev–Trinajstić information content (AvgIpc) is 2.65. The van der Waals surface area contributed by atoms with E-state index >= 15 is 0 Å². The van der Waals surface area contributed by atoms with Crippen molar-refractivity contribution in [3.05, 3.63) is 11.9 Å². The normalized spacial score (nSPS) is 25.6. The van der Waals surface area contributed by atoms with Gasteiger partial charge >= 0.3 is 0 Å². The van der Waals surface area contributed by atoms with Gasteiger partial charge in [0.15, 0.2) is 0 Å². The van der Waals surface area contributed by atoms with Crippen molar-refractivity contribution in [2.75, 3.05) is 0 Å². The van der Waals surface area contributed by atoms with Gasteiger partial charge in [-0.2, -0.15) is 0 Å². The summed E-state index contributed by atoms with van der Waals surface area (Å²) < 4.78 is 1.64. The van der Waals surface area contributed by atoms with Gasteiger partial charge in [0.2, 0.25) is 0 Å². The average molecular weight is 221 g/mol. The summed E-state index contributed by atoms with van der Waals surface area (Å²) in [5.74, 6) is 1.39. The van der Waals surface area contributed by atoms with Gasteiger partial charge in [-0.15, -0.1) is 5.10 Å². The van der Waals surface area contributed by atoms with E-state index in [4.69, 9.17) is 0 Å². The van der Waals surface area contributed by atoms with Crippen LogP contribution in [0, 0.1) is 11.8 Å². The molecule has 1 aliphatic rings. The van der Waals surface area contributed by atoms with Crippen LogP contribution in [-0.4, -0.2) is 20.8 Å². The number of nitrogens with zero attached hydrogens (tertiary/aromatic N) is 3. The summed E-state index contributed by atoms with van der Waals surface area (Å²) in [4.78, 5) is 12.0. The minimum absolute atomic E-state index is 0.262. The summed E-state index contributed by atoms with van der Waals surface area (Å²) in [6.45, 7) is 2.27. The van der Waals surface area contributed by atoms with E-state index in [1.807, 2.05) is 13.2 Å². The Hall–Kier alpha value is -1.19. The van der Waals surface area contributed by atoms with Crippen molar-refractivity contribution < 1.29 is 4.79 Å². The molecular weight excluding hydrogens is 202 g/mol. The second-order valence-corrected chi connectivity index (χ2v) is 4.98. The van der Waals surface area contributed by atoms with Crippen LogP contribution < -0.4 is 0 Å². The largest absolute Gasteiger partial charge is 0.299 e. The zero-order valence-electron chi connectivity index (χ0n) is 10.0. The Morgan fingerprint density at radius 2 is 2.12 bits per heavy atom. The molecule has 88 valence electrons. The van der Waals surface area contributed by atoms with Gasteiger partial charge in [-0.1, -0.05) is 25.0 Å². The van der Waals surface area contributed by atoms with E-state index in [9.17, 15) is 4.79 Å². The van der Waals surface area contributed by atoms with E-state index in [-0.39, 0.29) is 5.92 Å². The number of hydrogen-bond acceptors (Lipinski definition) is 3. The smallest absolute Gasteiger partial charge is 0.142 e. The number of rotatable bonds is 3. The van der Waals surface area contributed by atoms with E-state index < -0.39 is 0 Å². The summed E-state index contributed by atoms with van der Waals surface area (Å²) in [6.07, 6.45) is 6.77. The van der Waals surface area contributed by atoms with Crippen LogP contribution in [0.1, 0.15) is 38.3 Å². The molecule has 1 saturated carbocycles. The number of Topliss-reactive ketones (excluding diaryl/α,β-unsaturated/α-hetero) is 1. The van der Waals surface area contributed by atoms with Gasteiger partial charge in [-0.25, -0.2) is 0 Å². The predicted molar refractivity (Wildman–Crippen MR) is 60.8 cm³/mol. The lowest BCUT2D eigenvalue weighted by Gasteiger charge is -2.24. The molecule has 16 heavy (non-hydrogen) atoms. The van der Waals surface area contributed by atoms with Crippen molar-refractivity contribution in [1.29, 1.82) is 0 Å². The van der Waals surface area contributed by atoms with E-state index in [1.54, 1.807) is 4.68 Å². The first-order chi connectivity index (χ1) is 7.65. The molecule has 4 nitrogen and oxygen atoms in total. The van der Waals surface area contributed by atoms with Crippen LogP contribution in [0.15, 0.2) is 6.20 Å². The van der Waals surface area contributed by atoms with Gasteiger partial charge in [0.05, 0.1) is 12.1 Å². The lowest BCUT2D eigenvalue weighted by molar-refractivity contribution is -0.123. The Morgan fingerprint density at radius 1 is 1.44 bits per heavy atom. The molecule has 1 aromatic rings. The van der Waals surface area contributed by atoms with E-state index in [1.165, 1.54) is 12.8 Å². The first kappa shape index (κ1) is 11.3. The molecular formula is C12H19N3O. The van der Waals surface area contributed by atoms with Crippen LogP contribution in [0.4, 0.5) is 0 Å². The molecule has 0 radical (unpaired) electrons. The van der Waals surface area contributed by atoms with Crippen molar-refractivity contribution in [2.45, 2.75) is 39.0 Å². The maximum Gasteiger partial charge on any atom is 0.142 e. The maximum absolute atomic E-state index is 12.0. The summed E-state index contributed by atoms with van der Waals surface area (Å²) in [7, 11) is 1.82. The third-order valence-corrected chi connectivity index (χ3v) is 3.48. The zero-order chi connectivity index (χ0) is 11.5. The standard InChI is InChI=1S/C12H19N3O/c1-9-3-5-10(6-4-9)12(16)7-11-8-15(2)14-13-11/h8-10H,3-7H2,1-2H3. The van der Waals surface area contributed by atoms with Crippen LogP contribution in [0.25, 0.3) is 0 Å². The Balaban J connectivity index is 1.88. The number of aromatic nitrogens is 3. The van der Waals surface area contributed by atoms with Crippen molar-refractivity contribution in [2.24, 2.45) is 18.9 Å². The minimum atomic E-state index is 0.262. The fourth-order valence-corrected chi connectivity index (χ4v) is 2.38. The molecule has 4 heteroatoms. The zero-order valence-corrected chi connectivity index (χ0v) is 10.0. The van der Waals surface area contributed by atoms with Gasteiger partial charge in [0.1, 0.15) is 5.78 Å². The van der Waals surface area contributed by atoms with E-state index in [0.29, 0.717) is 12.2 Å². The second-order valence-electron chi connectivity index (χ2n) is 4.98. The molecule has 0 aliphatic heterocycles. The first-order valence-electron chi connectivity index (χ1n) is 6.03. The summed E-state index contributed by atoms with van der Waals surface area (Å²) in [5.41, 5.74) is 0.797. The SMILES string of the molecule is CC1CCC(C(=O)Cc2cn(C)nn2)CC1. The number of carbonyl (C=O) groups excluding carboxylic acids is 1. The van der Waals surface area contributed by atoms with Crippen molar-refractivity contribution in [3.8, 4) is 0 Å². The Labute approximate surface area is 96.0 Å². The fourth-order valence-electron chi connectivity index (χ4n) is 2.38. The van der Waals surface area contributed by atoms with E-state index in [0.717, 1.165) is 24.5 Å². The van der Waals surface area contributed by atoms with Gasteiger partial charge < -0.3 is 0 Å². The molecule has 0 saturated heterocycles. The molecule has 2 rings (SSSR count).